The van der Waals surface area contributed by atoms with Crippen molar-refractivity contribution in [1.29, 1.82) is 0 Å². The van der Waals surface area contributed by atoms with Crippen LogP contribution in [0.2, 0.25) is 0 Å². The quantitative estimate of drug-likeness (QED) is 0.563. The predicted octanol–water partition coefficient (Wildman–Crippen LogP) is 1.86. The van der Waals surface area contributed by atoms with Crippen molar-refractivity contribution in [3.63, 3.8) is 0 Å². The van der Waals surface area contributed by atoms with Crippen LogP contribution in [0.3, 0.4) is 0 Å². The van der Waals surface area contributed by atoms with Crippen molar-refractivity contribution in [3.05, 3.63) is 47.8 Å². The number of carbonyl (C=O) groups excluding carboxylic acids is 3. The summed E-state index contributed by atoms with van der Waals surface area (Å²) in [6, 6.07) is 6.05. The molecule has 0 saturated heterocycles. The molecule has 0 aliphatic carbocycles. The lowest BCUT2D eigenvalue weighted by Crippen LogP contribution is -2.21. The normalized spacial score (nSPS) is 10.1. The van der Waals surface area contributed by atoms with E-state index in [0.29, 0.717) is 13.2 Å². The first-order valence-electron chi connectivity index (χ1n) is 8.58. The number of hydrogen-bond donors (Lipinski definition) is 0. The Labute approximate surface area is 161 Å². The molecule has 9 nitrogen and oxygen atoms in total. The van der Waals surface area contributed by atoms with Crippen LogP contribution in [-0.4, -0.2) is 54.1 Å². The van der Waals surface area contributed by atoms with E-state index in [9.17, 15) is 14.4 Å². The second kappa shape index (κ2) is 10.6. The third-order valence-corrected chi connectivity index (χ3v) is 3.27. The Morgan fingerprint density at radius 3 is 1.61 bits per heavy atom. The average Bonchev–Trinajstić information content (AvgIpc) is 2.71. The minimum Gasteiger partial charge on any atom is -0.477 e. The maximum atomic E-state index is 12.1. The Balaban J connectivity index is 1.86. The van der Waals surface area contributed by atoms with E-state index in [2.05, 4.69) is 9.97 Å². The van der Waals surface area contributed by atoms with Crippen molar-refractivity contribution in [2.45, 2.75) is 13.8 Å². The fourth-order valence-corrected chi connectivity index (χ4v) is 2.09. The molecule has 0 saturated carbocycles. The molecule has 2 rings (SSSR count). The summed E-state index contributed by atoms with van der Waals surface area (Å²) in [5.41, 5.74) is 0.205. The SMILES string of the molecule is CCOc1ncccc1C(=O)OCC(=O)COC(=O)c1cccnc1OCC. The number of pyridine rings is 2. The van der Waals surface area contributed by atoms with Crippen LogP contribution in [0.4, 0.5) is 0 Å². The van der Waals surface area contributed by atoms with E-state index in [1.165, 1.54) is 24.5 Å². The molecule has 0 amide bonds. The Morgan fingerprint density at radius 2 is 1.21 bits per heavy atom. The van der Waals surface area contributed by atoms with Crippen LogP contribution in [0.15, 0.2) is 36.7 Å². The molecule has 0 bridgehead atoms. The zero-order valence-corrected chi connectivity index (χ0v) is 15.5. The van der Waals surface area contributed by atoms with Gasteiger partial charge in [-0.15, -0.1) is 0 Å². The zero-order chi connectivity index (χ0) is 20.4. The predicted molar refractivity (Wildman–Crippen MR) is 96.4 cm³/mol. The molecule has 2 aromatic rings. The van der Waals surface area contributed by atoms with E-state index in [4.69, 9.17) is 18.9 Å². The van der Waals surface area contributed by atoms with Crippen LogP contribution >= 0.6 is 0 Å². The molecule has 0 aliphatic heterocycles. The highest BCUT2D eigenvalue weighted by Crippen LogP contribution is 2.16. The lowest BCUT2D eigenvalue weighted by molar-refractivity contribution is -0.125. The van der Waals surface area contributed by atoms with E-state index >= 15 is 0 Å². The summed E-state index contributed by atoms with van der Waals surface area (Å²) in [5.74, 6) is -1.88. The van der Waals surface area contributed by atoms with Crippen LogP contribution < -0.4 is 9.47 Å². The number of Topliss-reactive ketones (excluding diaryl/α,β-unsaturated/α-hetero) is 1. The molecule has 28 heavy (non-hydrogen) atoms. The largest absolute Gasteiger partial charge is 0.477 e. The summed E-state index contributed by atoms with van der Waals surface area (Å²) < 4.78 is 20.4. The standard InChI is InChI=1S/C19H20N2O7/c1-3-25-16-14(7-5-9-20-16)18(23)27-11-13(22)12-28-19(24)15-8-6-10-21-17(15)26-4-2/h5-10H,3-4,11-12H2,1-2H3. The van der Waals surface area contributed by atoms with Crippen molar-refractivity contribution < 1.29 is 33.3 Å². The number of hydrogen-bond acceptors (Lipinski definition) is 9. The summed E-state index contributed by atoms with van der Waals surface area (Å²) in [4.78, 5) is 44.0. The molecule has 0 aromatic carbocycles. The highest BCUT2D eigenvalue weighted by molar-refractivity contribution is 5.95. The van der Waals surface area contributed by atoms with Crippen LogP contribution in [0.1, 0.15) is 34.6 Å². The number of esters is 2. The Kier molecular flexibility index (Phi) is 7.89. The minimum atomic E-state index is -0.762. The summed E-state index contributed by atoms with van der Waals surface area (Å²) >= 11 is 0. The van der Waals surface area contributed by atoms with Gasteiger partial charge >= 0.3 is 11.9 Å². The maximum Gasteiger partial charge on any atom is 0.344 e. The average molecular weight is 388 g/mol. The summed E-state index contributed by atoms with van der Waals surface area (Å²) in [6.07, 6.45) is 2.95. The molecule has 0 fully saturated rings. The molecule has 148 valence electrons. The van der Waals surface area contributed by atoms with Gasteiger partial charge in [-0.05, 0) is 38.1 Å². The minimum absolute atomic E-state index is 0.103. The molecule has 9 heteroatoms. The van der Waals surface area contributed by atoms with Crippen molar-refractivity contribution in [3.8, 4) is 11.8 Å². The first-order valence-corrected chi connectivity index (χ1v) is 8.58. The van der Waals surface area contributed by atoms with Crippen molar-refractivity contribution in [2.75, 3.05) is 26.4 Å². The number of rotatable bonds is 10. The van der Waals surface area contributed by atoms with Crippen LogP contribution in [0.5, 0.6) is 11.8 Å². The van der Waals surface area contributed by atoms with E-state index < -0.39 is 30.9 Å². The molecule has 2 aromatic heterocycles. The number of ketones is 1. The number of aromatic nitrogens is 2. The van der Waals surface area contributed by atoms with Crippen LogP contribution in [-0.2, 0) is 14.3 Å². The highest BCUT2D eigenvalue weighted by Gasteiger charge is 2.19. The first-order chi connectivity index (χ1) is 13.6. The van der Waals surface area contributed by atoms with Crippen molar-refractivity contribution in [1.82, 2.24) is 9.97 Å². The van der Waals surface area contributed by atoms with E-state index in [1.54, 1.807) is 26.0 Å². The van der Waals surface area contributed by atoms with Gasteiger partial charge in [0.15, 0.2) is 13.2 Å². The summed E-state index contributed by atoms with van der Waals surface area (Å²) in [7, 11) is 0. The molecule has 0 unspecified atom stereocenters. The van der Waals surface area contributed by atoms with Gasteiger partial charge in [0.2, 0.25) is 17.5 Å². The Morgan fingerprint density at radius 1 is 0.786 bits per heavy atom. The molecule has 0 N–H and O–H groups in total. The van der Waals surface area contributed by atoms with Gasteiger partial charge in [-0.3, -0.25) is 4.79 Å². The van der Waals surface area contributed by atoms with Gasteiger partial charge in [0.1, 0.15) is 11.1 Å². The van der Waals surface area contributed by atoms with Gasteiger partial charge < -0.3 is 18.9 Å². The molecular formula is C19H20N2O7. The molecule has 2 heterocycles. The van der Waals surface area contributed by atoms with Crippen LogP contribution in [0.25, 0.3) is 0 Å². The fourth-order valence-electron chi connectivity index (χ4n) is 2.09. The number of carbonyl (C=O) groups is 3. The van der Waals surface area contributed by atoms with Gasteiger partial charge in [0, 0.05) is 12.4 Å². The van der Waals surface area contributed by atoms with Gasteiger partial charge in [-0.25, -0.2) is 19.6 Å². The third kappa shape index (κ3) is 5.76. The van der Waals surface area contributed by atoms with E-state index in [0.717, 1.165) is 0 Å². The Bertz CT molecular complexity index is 771. The lowest BCUT2D eigenvalue weighted by atomic mass is 10.2. The molecular weight excluding hydrogens is 368 g/mol. The second-order valence-corrected chi connectivity index (χ2v) is 5.27. The number of nitrogens with zero attached hydrogens (tertiary/aromatic N) is 2. The molecule has 0 spiro atoms. The first kappa shape index (κ1) is 20.8. The van der Waals surface area contributed by atoms with Gasteiger partial charge in [-0.1, -0.05) is 0 Å². The molecule has 0 aliphatic rings. The van der Waals surface area contributed by atoms with Crippen molar-refractivity contribution in [2.24, 2.45) is 0 Å². The second-order valence-electron chi connectivity index (χ2n) is 5.27. The highest BCUT2D eigenvalue weighted by atomic mass is 16.6. The van der Waals surface area contributed by atoms with Gasteiger partial charge in [0.05, 0.1) is 13.2 Å². The third-order valence-electron chi connectivity index (χ3n) is 3.27. The summed E-state index contributed by atoms with van der Waals surface area (Å²) in [5, 5.41) is 0. The fraction of sp³-hybridized carbons (Fsp3) is 0.316. The van der Waals surface area contributed by atoms with Gasteiger partial charge in [0.25, 0.3) is 0 Å². The molecule has 0 atom stereocenters. The topological polar surface area (TPSA) is 114 Å². The van der Waals surface area contributed by atoms with Crippen molar-refractivity contribution >= 4 is 17.7 Å². The molecule has 0 radical (unpaired) electrons. The smallest absolute Gasteiger partial charge is 0.344 e. The van der Waals surface area contributed by atoms with E-state index in [1.807, 2.05) is 0 Å². The monoisotopic (exact) mass is 388 g/mol. The van der Waals surface area contributed by atoms with Crippen LogP contribution in [0, 0.1) is 0 Å². The zero-order valence-electron chi connectivity index (χ0n) is 15.5. The Hall–Kier alpha value is -3.49. The van der Waals surface area contributed by atoms with E-state index in [-0.39, 0.29) is 22.9 Å². The number of ether oxygens (including phenoxy) is 4. The lowest BCUT2D eigenvalue weighted by Gasteiger charge is -2.09. The van der Waals surface area contributed by atoms with Gasteiger partial charge in [-0.2, -0.15) is 0 Å². The summed E-state index contributed by atoms with van der Waals surface area (Å²) in [6.45, 7) is 3.03. The maximum absolute atomic E-state index is 12.1.